The molecule has 0 atom stereocenters. The number of ether oxygens (including phenoxy) is 1. The van der Waals surface area contributed by atoms with Gasteiger partial charge in [0.25, 0.3) is 0 Å². The van der Waals surface area contributed by atoms with Crippen LogP contribution in [0, 0.1) is 0 Å². The molecule has 0 aliphatic carbocycles. The fourth-order valence-electron chi connectivity index (χ4n) is 2.69. The minimum atomic E-state index is -0.162. The third kappa shape index (κ3) is 4.83. The Labute approximate surface area is 148 Å². The van der Waals surface area contributed by atoms with E-state index in [-0.39, 0.29) is 18.2 Å². The summed E-state index contributed by atoms with van der Waals surface area (Å²) >= 11 is 0. The van der Waals surface area contributed by atoms with Crippen LogP contribution in [0.25, 0.3) is 0 Å². The standard InChI is InChI=1S/C20H24N2O3/c1-4-16-9-5-7-11-18(16)22(15(2)23)14-13-20(24)21-17-10-6-8-12-19(17)25-3/h5-12H,4,13-14H2,1-3H3,(H,21,24). The number of nitrogens with one attached hydrogen (secondary N) is 1. The molecule has 0 aromatic heterocycles. The van der Waals surface area contributed by atoms with E-state index in [1.54, 1.807) is 24.1 Å². The Hall–Kier alpha value is -2.82. The van der Waals surface area contributed by atoms with Crippen LogP contribution in [-0.4, -0.2) is 25.5 Å². The molecule has 0 saturated carbocycles. The molecule has 0 fully saturated rings. The molecule has 0 bridgehead atoms. The number of carbonyl (C=O) groups excluding carboxylic acids is 2. The van der Waals surface area contributed by atoms with Crippen molar-refractivity contribution in [3.8, 4) is 5.75 Å². The van der Waals surface area contributed by atoms with Gasteiger partial charge in [-0.1, -0.05) is 37.3 Å². The van der Waals surface area contributed by atoms with Crippen LogP contribution >= 0.6 is 0 Å². The predicted molar refractivity (Wildman–Crippen MR) is 100 cm³/mol. The lowest BCUT2D eigenvalue weighted by molar-refractivity contribution is -0.117. The summed E-state index contributed by atoms with van der Waals surface area (Å²) < 4.78 is 5.23. The second-order valence-electron chi connectivity index (χ2n) is 5.65. The fraction of sp³-hybridized carbons (Fsp3) is 0.300. The number of nitrogens with zero attached hydrogens (tertiary/aromatic N) is 1. The molecule has 25 heavy (non-hydrogen) atoms. The molecule has 2 rings (SSSR count). The normalized spacial score (nSPS) is 10.2. The van der Waals surface area contributed by atoms with Crippen LogP contribution < -0.4 is 15.0 Å². The van der Waals surface area contributed by atoms with Crippen molar-refractivity contribution in [2.45, 2.75) is 26.7 Å². The Morgan fingerprint density at radius 3 is 2.44 bits per heavy atom. The second-order valence-corrected chi connectivity index (χ2v) is 5.65. The predicted octanol–water partition coefficient (Wildman–Crippen LogP) is 3.64. The van der Waals surface area contributed by atoms with E-state index in [0.29, 0.717) is 18.0 Å². The number of amides is 2. The van der Waals surface area contributed by atoms with Gasteiger partial charge in [-0.3, -0.25) is 9.59 Å². The molecule has 0 saturated heterocycles. The zero-order chi connectivity index (χ0) is 18.2. The number of para-hydroxylation sites is 3. The quantitative estimate of drug-likeness (QED) is 0.837. The van der Waals surface area contributed by atoms with Crippen molar-refractivity contribution in [1.29, 1.82) is 0 Å². The van der Waals surface area contributed by atoms with Crippen LogP contribution in [0.2, 0.25) is 0 Å². The van der Waals surface area contributed by atoms with Gasteiger partial charge >= 0.3 is 0 Å². The van der Waals surface area contributed by atoms with Crippen molar-refractivity contribution in [2.24, 2.45) is 0 Å². The van der Waals surface area contributed by atoms with Gasteiger partial charge in [-0.15, -0.1) is 0 Å². The molecule has 2 amide bonds. The van der Waals surface area contributed by atoms with E-state index in [0.717, 1.165) is 17.7 Å². The number of carbonyl (C=O) groups is 2. The van der Waals surface area contributed by atoms with Crippen molar-refractivity contribution in [3.63, 3.8) is 0 Å². The largest absolute Gasteiger partial charge is 0.495 e. The highest BCUT2D eigenvalue weighted by atomic mass is 16.5. The Bertz CT molecular complexity index is 743. The fourth-order valence-corrected chi connectivity index (χ4v) is 2.69. The molecule has 0 radical (unpaired) electrons. The summed E-state index contributed by atoms with van der Waals surface area (Å²) in [5.41, 5.74) is 2.57. The van der Waals surface area contributed by atoms with Crippen molar-refractivity contribution < 1.29 is 14.3 Å². The van der Waals surface area contributed by atoms with Crippen LogP contribution in [0.15, 0.2) is 48.5 Å². The molecule has 5 heteroatoms. The lowest BCUT2D eigenvalue weighted by Gasteiger charge is -2.23. The molecule has 5 nitrogen and oxygen atoms in total. The summed E-state index contributed by atoms with van der Waals surface area (Å²) in [4.78, 5) is 26.0. The van der Waals surface area contributed by atoms with E-state index in [2.05, 4.69) is 5.32 Å². The Morgan fingerprint density at radius 1 is 1.08 bits per heavy atom. The highest BCUT2D eigenvalue weighted by molar-refractivity contribution is 5.95. The SMILES string of the molecule is CCc1ccccc1N(CCC(=O)Nc1ccccc1OC)C(C)=O. The number of rotatable bonds is 7. The van der Waals surface area contributed by atoms with Gasteiger partial charge in [0.1, 0.15) is 5.75 Å². The molecule has 0 aliphatic rings. The van der Waals surface area contributed by atoms with Gasteiger partial charge in [0.2, 0.25) is 11.8 Å². The van der Waals surface area contributed by atoms with Gasteiger partial charge < -0.3 is 15.0 Å². The van der Waals surface area contributed by atoms with E-state index in [1.807, 2.05) is 43.3 Å². The lowest BCUT2D eigenvalue weighted by Crippen LogP contribution is -2.32. The van der Waals surface area contributed by atoms with E-state index in [4.69, 9.17) is 4.74 Å². The second kappa shape index (κ2) is 8.87. The first-order chi connectivity index (χ1) is 12.1. The lowest BCUT2D eigenvalue weighted by atomic mass is 10.1. The zero-order valence-corrected chi connectivity index (χ0v) is 14.9. The first kappa shape index (κ1) is 18.5. The van der Waals surface area contributed by atoms with Gasteiger partial charge in [-0.2, -0.15) is 0 Å². The third-order valence-corrected chi connectivity index (χ3v) is 3.99. The molecule has 0 spiro atoms. The third-order valence-electron chi connectivity index (χ3n) is 3.99. The summed E-state index contributed by atoms with van der Waals surface area (Å²) in [6, 6.07) is 15.0. The first-order valence-electron chi connectivity index (χ1n) is 8.35. The average Bonchev–Trinajstić information content (AvgIpc) is 2.62. The maximum atomic E-state index is 12.3. The van der Waals surface area contributed by atoms with Crippen molar-refractivity contribution in [3.05, 3.63) is 54.1 Å². The number of anilines is 2. The monoisotopic (exact) mass is 340 g/mol. The van der Waals surface area contributed by atoms with E-state index in [1.165, 1.54) is 6.92 Å². The van der Waals surface area contributed by atoms with E-state index in [9.17, 15) is 9.59 Å². The summed E-state index contributed by atoms with van der Waals surface area (Å²) in [5.74, 6) is 0.367. The number of hydrogen-bond acceptors (Lipinski definition) is 3. The molecule has 2 aromatic rings. The molecule has 0 heterocycles. The van der Waals surface area contributed by atoms with Crippen LogP contribution in [-0.2, 0) is 16.0 Å². The maximum Gasteiger partial charge on any atom is 0.226 e. The summed E-state index contributed by atoms with van der Waals surface area (Å²) in [6.45, 7) is 3.89. The molecule has 132 valence electrons. The van der Waals surface area contributed by atoms with Crippen LogP contribution in [0.3, 0.4) is 0 Å². The van der Waals surface area contributed by atoms with Crippen LogP contribution in [0.5, 0.6) is 5.75 Å². The molecular weight excluding hydrogens is 316 g/mol. The number of aryl methyl sites for hydroxylation is 1. The topological polar surface area (TPSA) is 58.6 Å². The van der Waals surface area contributed by atoms with Crippen LogP contribution in [0.4, 0.5) is 11.4 Å². The summed E-state index contributed by atoms with van der Waals surface area (Å²) in [7, 11) is 1.56. The average molecular weight is 340 g/mol. The Morgan fingerprint density at radius 2 is 1.76 bits per heavy atom. The van der Waals surface area contributed by atoms with Crippen molar-refractivity contribution in [1.82, 2.24) is 0 Å². The molecular formula is C20H24N2O3. The number of methoxy groups -OCH3 is 1. The summed E-state index contributed by atoms with van der Waals surface area (Å²) in [5, 5.41) is 2.83. The highest BCUT2D eigenvalue weighted by Crippen LogP contribution is 2.24. The highest BCUT2D eigenvalue weighted by Gasteiger charge is 2.16. The summed E-state index contributed by atoms with van der Waals surface area (Å²) in [6.07, 6.45) is 1.03. The number of benzene rings is 2. The smallest absolute Gasteiger partial charge is 0.226 e. The number of hydrogen-bond donors (Lipinski definition) is 1. The van der Waals surface area contributed by atoms with Gasteiger partial charge in [-0.25, -0.2) is 0 Å². The molecule has 2 aromatic carbocycles. The van der Waals surface area contributed by atoms with Gasteiger partial charge in [0, 0.05) is 25.6 Å². The Balaban J connectivity index is 2.06. The van der Waals surface area contributed by atoms with Crippen molar-refractivity contribution in [2.75, 3.05) is 23.9 Å². The van der Waals surface area contributed by atoms with Crippen LogP contribution in [0.1, 0.15) is 25.8 Å². The zero-order valence-electron chi connectivity index (χ0n) is 14.9. The molecule has 1 N–H and O–H groups in total. The maximum absolute atomic E-state index is 12.3. The van der Waals surface area contributed by atoms with Crippen molar-refractivity contribution >= 4 is 23.2 Å². The van der Waals surface area contributed by atoms with E-state index < -0.39 is 0 Å². The first-order valence-corrected chi connectivity index (χ1v) is 8.35. The van der Waals surface area contributed by atoms with Gasteiger partial charge in [0.05, 0.1) is 12.8 Å². The minimum Gasteiger partial charge on any atom is -0.495 e. The molecule has 0 unspecified atom stereocenters. The minimum absolute atomic E-state index is 0.0778. The Kier molecular flexibility index (Phi) is 6.57. The van der Waals surface area contributed by atoms with Gasteiger partial charge in [-0.05, 0) is 30.2 Å². The van der Waals surface area contributed by atoms with Gasteiger partial charge in [0.15, 0.2) is 0 Å². The molecule has 0 aliphatic heterocycles. The van der Waals surface area contributed by atoms with E-state index >= 15 is 0 Å².